The molecule has 3 aromatic rings. The number of ether oxygens (including phenoxy) is 3. The third-order valence-electron chi connectivity index (χ3n) is 5.44. The van der Waals surface area contributed by atoms with Crippen molar-refractivity contribution in [2.45, 2.75) is 13.5 Å². The lowest BCUT2D eigenvalue weighted by atomic mass is 10.2. The monoisotopic (exact) mass is 439 g/mol. The van der Waals surface area contributed by atoms with Crippen LogP contribution in [0, 0.1) is 0 Å². The van der Waals surface area contributed by atoms with Gasteiger partial charge in [0.15, 0.2) is 11.5 Å². The highest BCUT2D eigenvalue weighted by molar-refractivity contribution is 7.13. The number of hydrogen-bond donors (Lipinski definition) is 0. The second-order valence-corrected chi connectivity index (χ2v) is 8.27. The number of methoxy groups -OCH3 is 2. The van der Waals surface area contributed by atoms with Crippen molar-refractivity contribution in [3.05, 3.63) is 53.5 Å². The lowest BCUT2D eigenvalue weighted by Gasteiger charge is -2.35. The van der Waals surface area contributed by atoms with Gasteiger partial charge in [0.1, 0.15) is 10.8 Å². The van der Waals surface area contributed by atoms with Crippen molar-refractivity contribution in [2.24, 2.45) is 0 Å². The van der Waals surface area contributed by atoms with Gasteiger partial charge in [0.25, 0.3) is 0 Å². The number of hydrogen-bond acceptors (Lipinski definition) is 7. The van der Waals surface area contributed by atoms with Gasteiger partial charge >= 0.3 is 0 Å². The van der Waals surface area contributed by atoms with Crippen molar-refractivity contribution < 1.29 is 14.2 Å². The molecule has 2 heterocycles. The molecule has 0 atom stereocenters. The number of anilines is 1. The molecule has 4 rings (SSSR count). The minimum atomic E-state index is 0.613. The molecule has 1 aliphatic rings. The first-order valence-electron chi connectivity index (χ1n) is 10.6. The van der Waals surface area contributed by atoms with E-state index < -0.39 is 0 Å². The standard InChI is InChI=1S/C24H29N3O3S/c1-4-30-22-9-8-18(14-23(22)29-3)24-25-19(17-31-24)16-26-10-12-27(13-11-26)20-6-5-7-21(15-20)28-2/h5-9,14-15,17H,4,10-13,16H2,1-3H3. The zero-order valence-electron chi connectivity index (χ0n) is 18.3. The van der Waals surface area contributed by atoms with Crippen LogP contribution in [-0.4, -0.2) is 56.9 Å². The van der Waals surface area contributed by atoms with Crippen LogP contribution in [0.5, 0.6) is 17.2 Å². The highest BCUT2D eigenvalue weighted by Gasteiger charge is 2.19. The Balaban J connectivity index is 1.36. The normalized spacial score (nSPS) is 14.5. The zero-order chi connectivity index (χ0) is 21.6. The average molecular weight is 440 g/mol. The number of benzene rings is 2. The molecule has 6 nitrogen and oxygen atoms in total. The number of thiazole rings is 1. The van der Waals surface area contributed by atoms with Crippen molar-refractivity contribution in [2.75, 3.05) is 51.9 Å². The van der Waals surface area contributed by atoms with Crippen LogP contribution in [0.25, 0.3) is 10.6 Å². The second-order valence-electron chi connectivity index (χ2n) is 7.41. The lowest BCUT2D eigenvalue weighted by Crippen LogP contribution is -2.46. The van der Waals surface area contributed by atoms with Gasteiger partial charge in [0, 0.05) is 55.4 Å². The van der Waals surface area contributed by atoms with Gasteiger partial charge in [-0.1, -0.05) is 6.07 Å². The number of aromatic nitrogens is 1. The van der Waals surface area contributed by atoms with E-state index in [1.54, 1.807) is 25.6 Å². The Morgan fingerprint density at radius 2 is 1.81 bits per heavy atom. The summed E-state index contributed by atoms with van der Waals surface area (Å²) in [5.41, 5.74) is 3.39. The molecule has 7 heteroatoms. The van der Waals surface area contributed by atoms with Crippen molar-refractivity contribution in [3.8, 4) is 27.8 Å². The predicted molar refractivity (Wildman–Crippen MR) is 126 cm³/mol. The lowest BCUT2D eigenvalue weighted by molar-refractivity contribution is 0.247. The maximum absolute atomic E-state index is 5.62. The van der Waals surface area contributed by atoms with Crippen LogP contribution in [0.15, 0.2) is 47.8 Å². The van der Waals surface area contributed by atoms with Crippen molar-refractivity contribution >= 4 is 17.0 Å². The van der Waals surface area contributed by atoms with Gasteiger partial charge in [-0.05, 0) is 37.3 Å². The maximum atomic E-state index is 5.62. The molecule has 164 valence electrons. The van der Waals surface area contributed by atoms with Gasteiger partial charge < -0.3 is 19.1 Å². The Bertz CT molecular complexity index is 999. The van der Waals surface area contributed by atoms with E-state index in [9.17, 15) is 0 Å². The summed E-state index contributed by atoms with van der Waals surface area (Å²) in [4.78, 5) is 9.76. The smallest absolute Gasteiger partial charge is 0.161 e. The Morgan fingerprint density at radius 3 is 2.55 bits per heavy atom. The fourth-order valence-corrected chi connectivity index (χ4v) is 4.60. The summed E-state index contributed by atoms with van der Waals surface area (Å²) < 4.78 is 16.5. The predicted octanol–water partition coefficient (Wildman–Crippen LogP) is 4.55. The summed E-state index contributed by atoms with van der Waals surface area (Å²) >= 11 is 1.67. The number of piperazine rings is 1. The van der Waals surface area contributed by atoms with Crippen LogP contribution in [0.2, 0.25) is 0 Å². The molecule has 0 N–H and O–H groups in total. The Hall–Kier alpha value is -2.77. The quantitative estimate of drug-likeness (QED) is 0.513. The molecule has 1 aliphatic heterocycles. The fourth-order valence-electron chi connectivity index (χ4n) is 3.79. The van der Waals surface area contributed by atoms with E-state index in [4.69, 9.17) is 19.2 Å². The molecule has 0 unspecified atom stereocenters. The van der Waals surface area contributed by atoms with E-state index in [0.717, 1.165) is 66.2 Å². The van der Waals surface area contributed by atoms with E-state index in [2.05, 4.69) is 27.3 Å². The molecule has 0 saturated carbocycles. The average Bonchev–Trinajstić information content (AvgIpc) is 3.28. The molecule has 31 heavy (non-hydrogen) atoms. The molecule has 0 amide bonds. The molecule has 0 radical (unpaired) electrons. The highest BCUT2D eigenvalue weighted by Crippen LogP contribution is 2.34. The van der Waals surface area contributed by atoms with E-state index in [0.29, 0.717) is 6.61 Å². The third-order valence-corrected chi connectivity index (χ3v) is 6.38. The molecular weight excluding hydrogens is 410 g/mol. The van der Waals surface area contributed by atoms with Crippen molar-refractivity contribution in [3.63, 3.8) is 0 Å². The molecule has 0 spiro atoms. The van der Waals surface area contributed by atoms with Crippen LogP contribution in [-0.2, 0) is 6.54 Å². The summed E-state index contributed by atoms with van der Waals surface area (Å²) in [6.45, 7) is 7.48. The van der Waals surface area contributed by atoms with Crippen molar-refractivity contribution in [1.82, 2.24) is 9.88 Å². The van der Waals surface area contributed by atoms with E-state index in [-0.39, 0.29) is 0 Å². The first-order chi connectivity index (χ1) is 15.2. The zero-order valence-corrected chi connectivity index (χ0v) is 19.2. The van der Waals surface area contributed by atoms with Gasteiger partial charge in [-0.2, -0.15) is 0 Å². The molecule has 2 aromatic carbocycles. The van der Waals surface area contributed by atoms with Crippen LogP contribution < -0.4 is 19.1 Å². The molecule has 0 aliphatic carbocycles. The first-order valence-corrected chi connectivity index (χ1v) is 11.4. The summed E-state index contributed by atoms with van der Waals surface area (Å²) in [6.07, 6.45) is 0. The van der Waals surface area contributed by atoms with Crippen LogP contribution >= 0.6 is 11.3 Å². The fraction of sp³-hybridized carbons (Fsp3) is 0.375. The van der Waals surface area contributed by atoms with Gasteiger partial charge in [-0.3, -0.25) is 4.90 Å². The van der Waals surface area contributed by atoms with E-state index in [1.807, 2.05) is 37.3 Å². The minimum Gasteiger partial charge on any atom is -0.497 e. The SMILES string of the molecule is CCOc1ccc(-c2nc(CN3CCN(c4cccc(OC)c4)CC3)cs2)cc1OC. The highest BCUT2D eigenvalue weighted by atomic mass is 32.1. The topological polar surface area (TPSA) is 47.1 Å². The molecular formula is C24H29N3O3S. The number of rotatable bonds is 8. The number of nitrogens with zero attached hydrogens (tertiary/aromatic N) is 3. The molecule has 1 aromatic heterocycles. The minimum absolute atomic E-state index is 0.613. The molecule has 0 bridgehead atoms. The third kappa shape index (κ3) is 5.11. The Labute approximate surface area is 188 Å². The summed E-state index contributed by atoms with van der Waals surface area (Å²) in [5.74, 6) is 2.41. The Morgan fingerprint density at radius 1 is 0.968 bits per heavy atom. The summed E-state index contributed by atoms with van der Waals surface area (Å²) in [6, 6.07) is 14.3. The van der Waals surface area contributed by atoms with Gasteiger partial charge in [0.05, 0.1) is 26.5 Å². The Kier molecular flexibility index (Phi) is 6.94. The van der Waals surface area contributed by atoms with Crippen LogP contribution in [0.3, 0.4) is 0 Å². The maximum Gasteiger partial charge on any atom is 0.161 e. The van der Waals surface area contributed by atoms with E-state index in [1.165, 1.54) is 5.69 Å². The summed E-state index contributed by atoms with van der Waals surface area (Å²) in [5, 5.41) is 3.17. The van der Waals surface area contributed by atoms with Crippen LogP contribution in [0.4, 0.5) is 5.69 Å². The summed E-state index contributed by atoms with van der Waals surface area (Å²) in [7, 11) is 3.38. The molecule has 1 fully saturated rings. The van der Waals surface area contributed by atoms with Crippen molar-refractivity contribution in [1.29, 1.82) is 0 Å². The largest absolute Gasteiger partial charge is 0.497 e. The van der Waals surface area contributed by atoms with Crippen LogP contribution in [0.1, 0.15) is 12.6 Å². The van der Waals surface area contributed by atoms with E-state index >= 15 is 0 Å². The van der Waals surface area contributed by atoms with Gasteiger partial charge in [0.2, 0.25) is 0 Å². The van der Waals surface area contributed by atoms with Gasteiger partial charge in [-0.25, -0.2) is 4.98 Å². The molecule has 1 saturated heterocycles. The first kappa shape index (κ1) is 21.5. The van der Waals surface area contributed by atoms with Gasteiger partial charge in [-0.15, -0.1) is 11.3 Å². The second kappa shape index (κ2) is 10.0.